The summed E-state index contributed by atoms with van der Waals surface area (Å²) in [4.78, 5) is 0. The molecule has 18 heavy (non-hydrogen) atoms. The van der Waals surface area contributed by atoms with Crippen molar-refractivity contribution in [1.82, 2.24) is 0 Å². The van der Waals surface area contributed by atoms with Gasteiger partial charge in [-0.1, -0.05) is 51.8 Å². The Bertz CT molecular complexity index is 394. The molecule has 2 heteroatoms. The van der Waals surface area contributed by atoms with Gasteiger partial charge in [-0.2, -0.15) is 0 Å². The van der Waals surface area contributed by atoms with Gasteiger partial charge in [-0.15, -0.1) is 0 Å². The van der Waals surface area contributed by atoms with Crippen molar-refractivity contribution in [3.8, 4) is 0 Å². The van der Waals surface area contributed by atoms with Crippen molar-refractivity contribution in [2.45, 2.75) is 64.0 Å². The predicted octanol–water partition coefficient (Wildman–Crippen LogP) is 3.70. The van der Waals surface area contributed by atoms with Crippen LogP contribution in [0.4, 0.5) is 5.69 Å². The molecule has 1 aliphatic rings. The Morgan fingerprint density at radius 1 is 1.11 bits per heavy atom. The van der Waals surface area contributed by atoms with Crippen LogP contribution in [-0.2, 0) is 5.41 Å². The third-order valence-electron chi connectivity index (χ3n) is 3.81. The smallest absolute Gasteiger partial charge is 0.0741 e. The number of nitrogens with one attached hydrogen (secondary N) is 1. The van der Waals surface area contributed by atoms with Crippen LogP contribution < -0.4 is 5.32 Å². The molecular weight excluding hydrogens is 222 g/mol. The van der Waals surface area contributed by atoms with Crippen LogP contribution >= 0.6 is 0 Å². The van der Waals surface area contributed by atoms with E-state index in [0.29, 0.717) is 0 Å². The molecule has 100 valence electrons. The molecular formula is C16H25NO. The largest absolute Gasteiger partial charge is 0.391 e. The van der Waals surface area contributed by atoms with E-state index in [-0.39, 0.29) is 17.6 Å². The molecule has 0 aliphatic heterocycles. The van der Waals surface area contributed by atoms with E-state index in [9.17, 15) is 5.11 Å². The van der Waals surface area contributed by atoms with Gasteiger partial charge < -0.3 is 10.4 Å². The molecule has 1 aromatic rings. The highest BCUT2D eigenvalue weighted by atomic mass is 16.3. The zero-order chi connectivity index (χ0) is 13.2. The number of hydrogen-bond donors (Lipinski definition) is 2. The third-order valence-corrected chi connectivity index (χ3v) is 3.81. The highest BCUT2D eigenvalue weighted by Crippen LogP contribution is 2.31. The van der Waals surface area contributed by atoms with E-state index in [4.69, 9.17) is 0 Å². The monoisotopic (exact) mass is 247 g/mol. The van der Waals surface area contributed by atoms with Gasteiger partial charge in [0.1, 0.15) is 0 Å². The topological polar surface area (TPSA) is 32.3 Å². The molecule has 0 aromatic heterocycles. The second-order valence-electron chi connectivity index (χ2n) is 6.40. The van der Waals surface area contributed by atoms with Gasteiger partial charge in [0.15, 0.2) is 0 Å². The Morgan fingerprint density at radius 2 is 1.78 bits per heavy atom. The number of para-hydroxylation sites is 1. The fourth-order valence-electron chi connectivity index (χ4n) is 2.74. The van der Waals surface area contributed by atoms with E-state index in [1.807, 2.05) is 0 Å². The summed E-state index contributed by atoms with van der Waals surface area (Å²) in [5.74, 6) is 0. The first-order chi connectivity index (χ1) is 8.48. The number of hydrogen-bond acceptors (Lipinski definition) is 2. The van der Waals surface area contributed by atoms with Gasteiger partial charge in [-0.25, -0.2) is 0 Å². The van der Waals surface area contributed by atoms with E-state index in [1.54, 1.807) is 0 Å². The van der Waals surface area contributed by atoms with Crippen LogP contribution in [0.1, 0.15) is 52.0 Å². The quantitative estimate of drug-likeness (QED) is 0.835. The van der Waals surface area contributed by atoms with Crippen molar-refractivity contribution >= 4 is 5.69 Å². The Morgan fingerprint density at radius 3 is 2.44 bits per heavy atom. The van der Waals surface area contributed by atoms with Gasteiger partial charge in [-0.3, -0.25) is 0 Å². The molecule has 0 amide bonds. The highest BCUT2D eigenvalue weighted by Gasteiger charge is 2.25. The number of aliphatic hydroxyl groups excluding tert-OH is 1. The molecule has 1 saturated carbocycles. The van der Waals surface area contributed by atoms with Gasteiger partial charge >= 0.3 is 0 Å². The number of anilines is 1. The van der Waals surface area contributed by atoms with Crippen LogP contribution in [0.2, 0.25) is 0 Å². The minimum absolute atomic E-state index is 0.128. The molecule has 2 atom stereocenters. The number of benzene rings is 1. The van der Waals surface area contributed by atoms with Crippen LogP contribution in [-0.4, -0.2) is 17.3 Å². The maximum absolute atomic E-state index is 10.1. The normalized spacial score (nSPS) is 24.9. The molecule has 0 saturated heterocycles. The predicted molar refractivity (Wildman–Crippen MR) is 77.0 cm³/mol. The lowest BCUT2D eigenvalue weighted by atomic mass is 9.85. The summed E-state index contributed by atoms with van der Waals surface area (Å²) >= 11 is 0. The molecule has 0 unspecified atom stereocenters. The molecule has 0 bridgehead atoms. The van der Waals surface area contributed by atoms with Crippen molar-refractivity contribution in [3.63, 3.8) is 0 Å². The summed E-state index contributed by atoms with van der Waals surface area (Å²) in [7, 11) is 0. The molecule has 0 heterocycles. The maximum Gasteiger partial charge on any atom is 0.0741 e. The zero-order valence-electron chi connectivity index (χ0n) is 11.7. The van der Waals surface area contributed by atoms with E-state index in [0.717, 1.165) is 19.3 Å². The fourth-order valence-corrected chi connectivity index (χ4v) is 2.74. The van der Waals surface area contributed by atoms with Gasteiger partial charge in [0.2, 0.25) is 0 Å². The van der Waals surface area contributed by atoms with E-state index in [2.05, 4.69) is 50.4 Å². The van der Waals surface area contributed by atoms with Crippen LogP contribution in [0.15, 0.2) is 24.3 Å². The molecule has 0 spiro atoms. The average molecular weight is 247 g/mol. The first kappa shape index (κ1) is 13.4. The lowest BCUT2D eigenvalue weighted by Gasteiger charge is -2.32. The first-order valence-corrected chi connectivity index (χ1v) is 7.02. The molecule has 0 radical (unpaired) electrons. The van der Waals surface area contributed by atoms with Gasteiger partial charge in [0.25, 0.3) is 0 Å². The summed E-state index contributed by atoms with van der Waals surface area (Å²) in [6.07, 6.45) is 4.16. The lowest BCUT2D eigenvalue weighted by molar-refractivity contribution is 0.116. The van der Waals surface area contributed by atoms with Gasteiger partial charge in [0.05, 0.1) is 12.1 Å². The second kappa shape index (κ2) is 5.31. The van der Waals surface area contributed by atoms with Crippen molar-refractivity contribution in [1.29, 1.82) is 0 Å². The van der Waals surface area contributed by atoms with Gasteiger partial charge in [0, 0.05) is 5.69 Å². The summed E-state index contributed by atoms with van der Waals surface area (Å²) in [6, 6.07) is 8.66. The van der Waals surface area contributed by atoms with Crippen molar-refractivity contribution in [2.75, 3.05) is 5.32 Å². The van der Waals surface area contributed by atoms with Crippen LogP contribution in [0.25, 0.3) is 0 Å². The van der Waals surface area contributed by atoms with E-state index < -0.39 is 0 Å². The van der Waals surface area contributed by atoms with Crippen LogP contribution in [0.5, 0.6) is 0 Å². The molecule has 1 aliphatic carbocycles. The first-order valence-electron chi connectivity index (χ1n) is 7.02. The van der Waals surface area contributed by atoms with Crippen LogP contribution in [0.3, 0.4) is 0 Å². The summed E-state index contributed by atoms with van der Waals surface area (Å²) in [6.45, 7) is 6.68. The van der Waals surface area contributed by atoms with E-state index >= 15 is 0 Å². The minimum Gasteiger partial charge on any atom is -0.391 e. The average Bonchev–Trinajstić information content (AvgIpc) is 2.31. The number of aliphatic hydroxyl groups is 1. The molecule has 2 rings (SSSR count). The van der Waals surface area contributed by atoms with Crippen molar-refractivity contribution in [3.05, 3.63) is 29.8 Å². The SMILES string of the molecule is CC(C)(C)c1ccccc1N[C@H]1CCCC[C@@H]1O. The van der Waals surface area contributed by atoms with Crippen molar-refractivity contribution < 1.29 is 5.11 Å². The molecule has 2 N–H and O–H groups in total. The standard InChI is InChI=1S/C16H25NO/c1-16(2,3)12-8-4-5-9-13(12)17-14-10-6-7-11-15(14)18/h4-5,8-9,14-15,17-18H,6-7,10-11H2,1-3H3/t14-,15-/m0/s1. The Kier molecular flexibility index (Phi) is 3.96. The van der Waals surface area contributed by atoms with E-state index in [1.165, 1.54) is 17.7 Å². The highest BCUT2D eigenvalue weighted by molar-refractivity contribution is 5.54. The third kappa shape index (κ3) is 3.05. The second-order valence-corrected chi connectivity index (χ2v) is 6.40. The Balaban J connectivity index is 2.18. The zero-order valence-corrected chi connectivity index (χ0v) is 11.7. The molecule has 1 fully saturated rings. The van der Waals surface area contributed by atoms with Crippen LogP contribution in [0, 0.1) is 0 Å². The minimum atomic E-state index is -0.202. The summed E-state index contributed by atoms with van der Waals surface area (Å²) in [5.41, 5.74) is 2.63. The Labute approximate surface area is 110 Å². The molecule has 2 nitrogen and oxygen atoms in total. The lowest BCUT2D eigenvalue weighted by Crippen LogP contribution is -2.37. The molecule has 1 aromatic carbocycles. The van der Waals surface area contributed by atoms with Crippen molar-refractivity contribution in [2.24, 2.45) is 0 Å². The Hall–Kier alpha value is -1.02. The van der Waals surface area contributed by atoms with Gasteiger partial charge in [-0.05, 0) is 29.9 Å². The fraction of sp³-hybridized carbons (Fsp3) is 0.625. The maximum atomic E-state index is 10.1. The summed E-state index contributed by atoms with van der Waals surface area (Å²) < 4.78 is 0. The summed E-state index contributed by atoms with van der Waals surface area (Å²) in [5, 5.41) is 13.6. The number of rotatable bonds is 2.